The fourth-order valence-corrected chi connectivity index (χ4v) is 2.52. The molecule has 0 N–H and O–H groups in total. The summed E-state index contributed by atoms with van der Waals surface area (Å²) in [5.74, 6) is 1.81. The van der Waals surface area contributed by atoms with Crippen LogP contribution in [0.15, 0.2) is 36.8 Å². The molecule has 2 rings (SSSR count). The van der Waals surface area contributed by atoms with E-state index in [1.807, 2.05) is 24.7 Å². The van der Waals surface area contributed by atoms with Gasteiger partial charge in [-0.3, -0.25) is 4.98 Å². The zero-order chi connectivity index (χ0) is 16.5. The molecule has 0 atom stereocenters. The number of hydrogen-bond acceptors (Lipinski definition) is 5. The van der Waals surface area contributed by atoms with E-state index in [1.54, 1.807) is 0 Å². The number of aromatic nitrogens is 3. The number of likely N-dealkylation sites (N-methyl/N-ethyl adjacent to an activating group) is 1. The van der Waals surface area contributed by atoms with Gasteiger partial charge in [0, 0.05) is 45.3 Å². The lowest BCUT2D eigenvalue weighted by Crippen LogP contribution is -2.28. The van der Waals surface area contributed by atoms with Crippen LogP contribution in [0.3, 0.4) is 0 Å². The fourth-order valence-electron chi connectivity index (χ4n) is 2.52. The summed E-state index contributed by atoms with van der Waals surface area (Å²) < 4.78 is 0. The molecular formula is C18H27N5. The third kappa shape index (κ3) is 5.20. The predicted molar refractivity (Wildman–Crippen MR) is 96.0 cm³/mol. The maximum absolute atomic E-state index is 4.75. The lowest BCUT2D eigenvalue weighted by Gasteiger charge is -2.24. The molecule has 0 aromatic carbocycles. The van der Waals surface area contributed by atoms with E-state index in [1.165, 1.54) is 5.56 Å². The third-order valence-electron chi connectivity index (χ3n) is 3.77. The molecular weight excluding hydrogens is 286 g/mol. The molecule has 0 spiro atoms. The summed E-state index contributed by atoms with van der Waals surface area (Å²) in [5.41, 5.74) is 1.29. The van der Waals surface area contributed by atoms with Crippen LogP contribution in [0.2, 0.25) is 0 Å². The van der Waals surface area contributed by atoms with Gasteiger partial charge in [-0.25, -0.2) is 4.98 Å². The second-order valence-corrected chi connectivity index (χ2v) is 5.73. The van der Waals surface area contributed by atoms with Gasteiger partial charge in [-0.1, -0.05) is 13.8 Å². The number of rotatable bonds is 9. The van der Waals surface area contributed by atoms with Crippen molar-refractivity contribution in [3.8, 4) is 0 Å². The molecule has 0 aliphatic heterocycles. The van der Waals surface area contributed by atoms with Gasteiger partial charge < -0.3 is 9.80 Å². The molecule has 0 radical (unpaired) electrons. The smallest absolute Gasteiger partial charge is 0.227 e. The third-order valence-corrected chi connectivity index (χ3v) is 3.77. The van der Waals surface area contributed by atoms with Crippen molar-refractivity contribution < 1.29 is 0 Å². The lowest BCUT2D eigenvalue weighted by atomic mass is 10.2. The molecule has 0 fully saturated rings. The minimum absolute atomic E-state index is 0.835. The standard InChI is InChI=1S/C18H27N5/c1-4-13-23(14-5-2)18-20-12-8-17(21-18)22(3)15-9-16-6-10-19-11-7-16/h6-8,10-12H,4-5,9,13-15H2,1-3H3. The number of pyridine rings is 1. The zero-order valence-electron chi connectivity index (χ0n) is 14.4. The first-order valence-corrected chi connectivity index (χ1v) is 8.42. The quantitative estimate of drug-likeness (QED) is 0.711. The van der Waals surface area contributed by atoms with Gasteiger partial charge in [-0.15, -0.1) is 0 Å². The van der Waals surface area contributed by atoms with Crippen LogP contribution >= 0.6 is 0 Å². The summed E-state index contributed by atoms with van der Waals surface area (Å²) in [4.78, 5) is 17.7. The molecule has 2 aromatic rings. The van der Waals surface area contributed by atoms with Crippen LogP contribution in [0.1, 0.15) is 32.3 Å². The Morgan fingerprint density at radius 2 is 1.61 bits per heavy atom. The number of hydrogen-bond donors (Lipinski definition) is 0. The Balaban J connectivity index is 2.02. The van der Waals surface area contributed by atoms with Crippen LogP contribution in [-0.4, -0.2) is 41.6 Å². The topological polar surface area (TPSA) is 45.2 Å². The van der Waals surface area contributed by atoms with Crippen molar-refractivity contribution in [2.24, 2.45) is 0 Å². The molecule has 0 aliphatic carbocycles. The predicted octanol–water partition coefficient (Wildman–Crippen LogP) is 3.18. The lowest BCUT2D eigenvalue weighted by molar-refractivity contribution is 0.718. The largest absolute Gasteiger partial charge is 0.359 e. The Hall–Kier alpha value is -2.17. The van der Waals surface area contributed by atoms with Gasteiger partial charge in [0.25, 0.3) is 0 Å². The van der Waals surface area contributed by atoms with E-state index >= 15 is 0 Å². The second-order valence-electron chi connectivity index (χ2n) is 5.73. The van der Waals surface area contributed by atoms with Gasteiger partial charge in [0.15, 0.2) is 0 Å². The van der Waals surface area contributed by atoms with E-state index in [0.717, 1.165) is 50.7 Å². The monoisotopic (exact) mass is 313 g/mol. The van der Waals surface area contributed by atoms with Crippen molar-refractivity contribution in [1.82, 2.24) is 15.0 Å². The van der Waals surface area contributed by atoms with Gasteiger partial charge >= 0.3 is 0 Å². The minimum Gasteiger partial charge on any atom is -0.359 e. The van der Waals surface area contributed by atoms with E-state index in [2.05, 4.69) is 52.8 Å². The summed E-state index contributed by atoms with van der Waals surface area (Å²) in [5, 5.41) is 0. The van der Waals surface area contributed by atoms with Crippen molar-refractivity contribution in [1.29, 1.82) is 0 Å². The SMILES string of the molecule is CCCN(CCC)c1nccc(N(C)CCc2ccncc2)n1. The fraction of sp³-hybridized carbons (Fsp3) is 0.500. The highest BCUT2D eigenvalue weighted by atomic mass is 15.3. The van der Waals surface area contributed by atoms with Gasteiger partial charge in [0.1, 0.15) is 5.82 Å². The maximum Gasteiger partial charge on any atom is 0.227 e. The molecule has 0 bridgehead atoms. The second kappa shape index (κ2) is 9.08. The van der Waals surface area contributed by atoms with E-state index < -0.39 is 0 Å². The van der Waals surface area contributed by atoms with E-state index in [0.29, 0.717) is 0 Å². The van der Waals surface area contributed by atoms with Crippen LogP contribution < -0.4 is 9.80 Å². The van der Waals surface area contributed by atoms with Crippen LogP contribution in [0, 0.1) is 0 Å². The first-order valence-electron chi connectivity index (χ1n) is 8.42. The average Bonchev–Trinajstić information content (AvgIpc) is 2.60. The molecule has 124 valence electrons. The van der Waals surface area contributed by atoms with Crippen LogP contribution in [-0.2, 0) is 6.42 Å². The Kier molecular flexibility index (Phi) is 6.78. The van der Waals surface area contributed by atoms with Gasteiger partial charge in [0.2, 0.25) is 5.95 Å². The molecule has 5 heteroatoms. The van der Waals surface area contributed by atoms with Gasteiger partial charge in [0.05, 0.1) is 0 Å². The summed E-state index contributed by atoms with van der Waals surface area (Å²) >= 11 is 0. The zero-order valence-corrected chi connectivity index (χ0v) is 14.4. The van der Waals surface area contributed by atoms with Gasteiger partial charge in [-0.05, 0) is 43.0 Å². The molecule has 0 aliphatic rings. The Morgan fingerprint density at radius 1 is 0.913 bits per heavy atom. The summed E-state index contributed by atoms with van der Waals surface area (Å²) in [6.07, 6.45) is 8.72. The highest BCUT2D eigenvalue weighted by Gasteiger charge is 2.10. The molecule has 0 saturated carbocycles. The Bertz CT molecular complexity index is 567. The number of nitrogens with zero attached hydrogens (tertiary/aromatic N) is 5. The minimum atomic E-state index is 0.835. The van der Waals surface area contributed by atoms with Crippen molar-refractivity contribution in [2.75, 3.05) is 36.5 Å². The summed E-state index contributed by atoms with van der Waals surface area (Å²) in [6.45, 7) is 7.29. The molecule has 0 saturated heterocycles. The molecule has 2 aromatic heterocycles. The van der Waals surface area contributed by atoms with E-state index in [-0.39, 0.29) is 0 Å². The molecule has 2 heterocycles. The van der Waals surface area contributed by atoms with E-state index in [9.17, 15) is 0 Å². The highest BCUT2D eigenvalue weighted by Crippen LogP contribution is 2.15. The van der Waals surface area contributed by atoms with Crippen molar-refractivity contribution >= 4 is 11.8 Å². The maximum atomic E-state index is 4.75. The molecule has 0 amide bonds. The average molecular weight is 313 g/mol. The molecule has 0 unspecified atom stereocenters. The first kappa shape index (κ1) is 17.2. The van der Waals surface area contributed by atoms with Crippen molar-refractivity contribution in [2.45, 2.75) is 33.1 Å². The number of anilines is 2. The van der Waals surface area contributed by atoms with Crippen LogP contribution in [0.25, 0.3) is 0 Å². The van der Waals surface area contributed by atoms with Crippen molar-refractivity contribution in [3.05, 3.63) is 42.4 Å². The molecule has 5 nitrogen and oxygen atoms in total. The highest BCUT2D eigenvalue weighted by molar-refractivity contribution is 5.43. The Labute approximate surface area is 139 Å². The van der Waals surface area contributed by atoms with E-state index in [4.69, 9.17) is 4.98 Å². The van der Waals surface area contributed by atoms with Gasteiger partial charge in [-0.2, -0.15) is 4.98 Å². The van der Waals surface area contributed by atoms with Crippen molar-refractivity contribution in [3.63, 3.8) is 0 Å². The first-order chi connectivity index (χ1) is 11.2. The van der Waals surface area contributed by atoms with Crippen LogP contribution in [0.4, 0.5) is 11.8 Å². The summed E-state index contributed by atoms with van der Waals surface area (Å²) in [7, 11) is 2.08. The Morgan fingerprint density at radius 3 is 2.26 bits per heavy atom. The summed E-state index contributed by atoms with van der Waals surface area (Å²) in [6, 6.07) is 6.10. The normalized spacial score (nSPS) is 10.6. The van der Waals surface area contributed by atoms with Crippen LogP contribution in [0.5, 0.6) is 0 Å². The molecule has 23 heavy (non-hydrogen) atoms.